The quantitative estimate of drug-likeness (QED) is 0.780. The molecule has 1 N–H and O–H groups in total. The van der Waals surface area contributed by atoms with Crippen molar-refractivity contribution in [2.75, 3.05) is 20.8 Å². The summed E-state index contributed by atoms with van der Waals surface area (Å²) in [7, 11) is 3.19. The number of carbonyl (C=O) groups excluding carboxylic acids is 1. The van der Waals surface area contributed by atoms with Crippen LogP contribution in [0.25, 0.3) is 0 Å². The molecule has 134 valence electrons. The summed E-state index contributed by atoms with van der Waals surface area (Å²) in [6.45, 7) is 2.20. The van der Waals surface area contributed by atoms with Crippen molar-refractivity contribution >= 4 is 17.5 Å². The molecule has 0 spiro atoms. The second kappa shape index (κ2) is 9.18. The summed E-state index contributed by atoms with van der Waals surface area (Å²) in [5.41, 5.74) is 1.04. The summed E-state index contributed by atoms with van der Waals surface area (Å²) in [5.74, 6) is 1.73. The Morgan fingerprint density at radius 3 is 2.56 bits per heavy atom. The minimum Gasteiger partial charge on any atom is -0.493 e. The van der Waals surface area contributed by atoms with E-state index in [1.54, 1.807) is 45.4 Å². The standard InChI is InChI=1S/C19H22ClNO4/c1-13(25-16-6-4-5-15(20)12-16)19(22)21-10-9-14-7-8-17(23-2)18(11-14)24-3/h4-8,11-13H,9-10H2,1-3H3,(H,21,22)/t13-/m0/s1. The molecule has 1 atom stereocenters. The fourth-order valence-electron chi connectivity index (χ4n) is 2.31. The molecule has 0 saturated heterocycles. The second-order valence-electron chi connectivity index (χ2n) is 5.45. The number of nitrogens with one attached hydrogen (secondary N) is 1. The Morgan fingerprint density at radius 1 is 1.12 bits per heavy atom. The molecular weight excluding hydrogens is 342 g/mol. The first-order chi connectivity index (χ1) is 12.0. The lowest BCUT2D eigenvalue weighted by Crippen LogP contribution is -2.37. The molecule has 0 unspecified atom stereocenters. The first kappa shape index (κ1) is 18.9. The van der Waals surface area contributed by atoms with Crippen molar-refractivity contribution in [1.29, 1.82) is 0 Å². The van der Waals surface area contributed by atoms with Gasteiger partial charge in [0.15, 0.2) is 17.6 Å². The molecule has 0 saturated carbocycles. The van der Waals surface area contributed by atoms with Crippen molar-refractivity contribution in [3.63, 3.8) is 0 Å². The molecule has 0 aliphatic rings. The predicted octanol–water partition coefficient (Wildman–Crippen LogP) is 3.48. The van der Waals surface area contributed by atoms with Gasteiger partial charge < -0.3 is 19.5 Å². The van der Waals surface area contributed by atoms with Gasteiger partial charge in [0.1, 0.15) is 5.75 Å². The van der Waals surface area contributed by atoms with E-state index in [9.17, 15) is 4.79 Å². The number of hydrogen-bond donors (Lipinski definition) is 1. The van der Waals surface area contributed by atoms with Crippen LogP contribution in [0.4, 0.5) is 0 Å². The third-order valence-corrected chi connectivity index (χ3v) is 3.87. The highest BCUT2D eigenvalue weighted by atomic mass is 35.5. The lowest BCUT2D eigenvalue weighted by molar-refractivity contribution is -0.127. The Balaban J connectivity index is 1.83. The molecule has 0 aromatic heterocycles. The molecule has 2 rings (SSSR count). The molecule has 0 aliphatic heterocycles. The maximum atomic E-state index is 12.1. The van der Waals surface area contributed by atoms with Crippen LogP contribution in [0.1, 0.15) is 12.5 Å². The number of methoxy groups -OCH3 is 2. The topological polar surface area (TPSA) is 56.8 Å². The van der Waals surface area contributed by atoms with Crippen LogP contribution < -0.4 is 19.5 Å². The van der Waals surface area contributed by atoms with Crippen LogP contribution in [0.2, 0.25) is 5.02 Å². The van der Waals surface area contributed by atoms with Crippen LogP contribution in [-0.4, -0.2) is 32.8 Å². The van der Waals surface area contributed by atoms with E-state index in [0.29, 0.717) is 35.2 Å². The molecule has 0 bridgehead atoms. The molecule has 2 aromatic rings. The zero-order valence-corrected chi connectivity index (χ0v) is 15.3. The van der Waals surface area contributed by atoms with E-state index >= 15 is 0 Å². The van der Waals surface area contributed by atoms with Crippen molar-refractivity contribution in [3.8, 4) is 17.2 Å². The number of amides is 1. The van der Waals surface area contributed by atoms with Crippen molar-refractivity contribution < 1.29 is 19.0 Å². The monoisotopic (exact) mass is 363 g/mol. The zero-order valence-electron chi connectivity index (χ0n) is 14.5. The molecule has 1 amide bonds. The lowest BCUT2D eigenvalue weighted by atomic mass is 10.1. The Morgan fingerprint density at radius 2 is 1.88 bits per heavy atom. The number of benzene rings is 2. The molecule has 0 radical (unpaired) electrons. The van der Waals surface area contributed by atoms with E-state index < -0.39 is 6.10 Å². The second-order valence-corrected chi connectivity index (χ2v) is 5.88. The van der Waals surface area contributed by atoms with Gasteiger partial charge in [0.2, 0.25) is 0 Å². The number of ether oxygens (including phenoxy) is 3. The van der Waals surface area contributed by atoms with Gasteiger partial charge in [0.05, 0.1) is 14.2 Å². The Kier molecular flexibility index (Phi) is 6.95. The van der Waals surface area contributed by atoms with Gasteiger partial charge in [-0.1, -0.05) is 23.7 Å². The molecular formula is C19H22ClNO4. The average Bonchev–Trinajstić information content (AvgIpc) is 2.61. The van der Waals surface area contributed by atoms with Gasteiger partial charge in [0.25, 0.3) is 5.91 Å². The summed E-state index contributed by atoms with van der Waals surface area (Å²) in [6, 6.07) is 12.7. The van der Waals surface area contributed by atoms with E-state index in [0.717, 1.165) is 5.56 Å². The minimum atomic E-state index is -0.608. The van der Waals surface area contributed by atoms with Crippen LogP contribution in [0.15, 0.2) is 42.5 Å². The molecule has 0 aliphatic carbocycles. The molecule has 6 heteroatoms. The Hall–Kier alpha value is -2.40. The van der Waals surface area contributed by atoms with E-state index in [1.165, 1.54) is 0 Å². The molecule has 0 fully saturated rings. The van der Waals surface area contributed by atoms with Crippen LogP contribution in [0, 0.1) is 0 Å². The van der Waals surface area contributed by atoms with Crippen molar-refractivity contribution in [1.82, 2.24) is 5.32 Å². The highest BCUT2D eigenvalue weighted by Gasteiger charge is 2.14. The SMILES string of the molecule is COc1ccc(CCNC(=O)[C@H](C)Oc2cccc(Cl)c2)cc1OC. The maximum Gasteiger partial charge on any atom is 0.260 e. The molecule has 25 heavy (non-hydrogen) atoms. The predicted molar refractivity (Wildman–Crippen MR) is 97.8 cm³/mol. The van der Waals surface area contributed by atoms with Gasteiger partial charge in [-0.2, -0.15) is 0 Å². The van der Waals surface area contributed by atoms with Gasteiger partial charge >= 0.3 is 0 Å². The van der Waals surface area contributed by atoms with Crippen LogP contribution in [-0.2, 0) is 11.2 Å². The molecule has 0 heterocycles. The van der Waals surface area contributed by atoms with Gasteiger partial charge in [-0.25, -0.2) is 0 Å². The average molecular weight is 364 g/mol. The van der Waals surface area contributed by atoms with Crippen molar-refractivity contribution in [2.45, 2.75) is 19.4 Å². The summed E-state index contributed by atoms with van der Waals surface area (Å²) in [5, 5.41) is 3.43. The highest BCUT2D eigenvalue weighted by molar-refractivity contribution is 6.30. The zero-order chi connectivity index (χ0) is 18.2. The number of carbonyl (C=O) groups is 1. The number of halogens is 1. The van der Waals surface area contributed by atoms with E-state index in [-0.39, 0.29) is 5.91 Å². The van der Waals surface area contributed by atoms with Crippen LogP contribution in [0.5, 0.6) is 17.2 Å². The first-order valence-corrected chi connectivity index (χ1v) is 8.32. The summed E-state index contributed by atoms with van der Waals surface area (Å²) in [6.07, 6.45) is 0.0690. The summed E-state index contributed by atoms with van der Waals surface area (Å²) < 4.78 is 16.1. The van der Waals surface area contributed by atoms with Gasteiger partial charge in [-0.05, 0) is 49.2 Å². The Bertz CT molecular complexity index is 720. The Labute approximate surface area is 152 Å². The van der Waals surface area contributed by atoms with E-state index in [2.05, 4.69) is 5.32 Å². The van der Waals surface area contributed by atoms with Gasteiger partial charge in [0, 0.05) is 11.6 Å². The highest BCUT2D eigenvalue weighted by Crippen LogP contribution is 2.27. The smallest absolute Gasteiger partial charge is 0.260 e. The van der Waals surface area contributed by atoms with Crippen LogP contribution in [0.3, 0.4) is 0 Å². The third-order valence-electron chi connectivity index (χ3n) is 3.64. The summed E-state index contributed by atoms with van der Waals surface area (Å²) >= 11 is 5.91. The third kappa shape index (κ3) is 5.57. The van der Waals surface area contributed by atoms with Crippen LogP contribution >= 0.6 is 11.6 Å². The van der Waals surface area contributed by atoms with Gasteiger partial charge in [-0.3, -0.25) is 4.79 Å². The molecule has 2 aromatic carbocycles. The fourth-order valence-corrected chi connectivity index (χ4v) is 2.49. The fraction of sp³-hybridized carbons (Fsp3) is 0.316. The van der Waals surface area contributed by atoms with Crippen molar-refractivity contribution in [2.24, 2.45) is 0 Å². The first-order valence-electron chi connectivity index (χ1n) is 7.94. The van der Waals surface area contributed by atoms with E-state index in [4.69, 9.17) is 25.8 Å². The minimum absolute atomic E-state index is 0.180. The number of hydrogen-bond acceptors (Lipinski definition) is 4. The maximum absolute atomic E-state index is 12.1. The largest absolute Gasteiger partial charge is 0.493 e. The normalized spacial score (nSPS) is 11.5. The van der Waals surface area contributed by atoms with Crippen molar-refractivity contribution in [3.05, 3.63) is 53.1 Å². The lowest BCUT2D eigenvalue weighted by Gasteiger charge is -2.15. The van der Waals surface area contributed by atoms with Gasteiger partial charge in [-0.15, -0.1) is 0 Å². The number of rotatable bonds is 8. The van der Waals surface area contributed by atoms with E-state index in [1.807, 2.05) is 18.2 Å². The summed E-state index contributed by atoms with van der Waals surface area (Å²) in [4.78, 5) is 12.1. The molecule has 5 nitrogen and oxygen atoms in total.